The van der Waals surface area contributed by atoms with Crippen molar-refractivity contribution >= 4 is 23.1 Å². The van der Waals surface area contributed by atoms with E-state index in [0.717, 1.165) is 22.0 Å². The number of hydrogen-bond acceptors (Lipinski definition) is 4. The van der Waals surface area contributed by atoms with E-state index in [1.54, 1.807) is 30.2 Å². The second kappa shape index (κ2) is 8.01. The molecule has 0 saturated heterocycles. The Bertz CT molecular complexity index is 608. The van der Waals surface area contributed by atoms with Crippen LogP contribution in [-0.4, -0.2) is 18.8 Å². The second-order valence-corrected chi connectivity index (χ2v) is 6.03. The van der Waals surface area contributed by atoms with Crippen molar-refractivity contribution in [3.05, 3.63) is 46.2 Å². The summed E-state index contributed by atoms with van der Waals surface area (Å²) in [5, 5.41) is 10.8. The van der Waals surface area contributed by atoms with Crippen LogP contribution in [0.15, 0.2) is 40.6 Å². The number of thioether (sulfide) groups is 1. The van der Waals surface area contributed by atoms with Crippen LogP contribution >= 0.6 is 23.1 Å². The predicted molar refractivity (Wildman–Crippen MR) is 85.5 cm³/mol. The minimum absolute atomic E-state index is 0.119. The van der Waals surface area contributed by atoms with Gasteiger partial charge in [-0.3, -0.25) is 0 Å². The van der Waals surface area contributed by atoms with Gasteiger partial charge in [-0.05, 0) is 18.2 Å². The fourth-order valence-electron chi connectivity index (χ4n) is 1.63. The van der Waals surface area contributed by atoms with E-state index in [-0.39, 0.29) is 6.61 Å². The lowest BCUT2D eigenvalue weighted by Crippen LogP contribution is -1.85. The number of para-hydroxylation sites is 1. The number of aliphatic hydroxyl groups is 1. The minimum Gasteiger partial charge on any atom is -0.496 e. The maximum atomic E-state index is 8.69. The zero-order chi connectivity index (χ0) is 14.2. The molecule has 0 bridgehead atoms. The second-order valence-electron chi connectivity index (χ2n) is 4.02. The van der Waals surface area contributed by atoms with E-state index < -0.39 is 0 Å². The average molecular weight is 304 g/mol. The molecule has 20 heavy (non-hydrogen) atoms. The fraction of sp³-hybridized carbons (Fsp3) is 0.250. The van der Waals surface area contributed by atoms with E-state index >= 15 is 0 Å². The number of methoxy groups -OCH3 is 1. The third-order valence-corrected chi connectivity index (χ3v) is 4.79. The molecular weight excluding hydrogens is 288 g/mol. The molecular formula is C16H16O2S2. The summed E-state index contributed by atoms with van der Waals surface area (Å²) in [6, 6.07) is 10.1. The Morgan fingerprint density at radius 2 is 2.20 bits per heavy atom. The van der Waals surface area contributed by atoms with Gasteiger partial charge in [-0.1, -0.05) is 24.0 Å². The largest absolute Gasteiger partial charge is 0.496 e. The van der Waals surface area contributed by atoms with Gasteiger partial charge in [0.15, 0.2) is 0 Å². The molecule has 1 aromatic carbocycles. The van der Waals surface area contributed by atoms with Gasteiger partial charge in [0, 0.05) is 32.9 Å². The Morgan fingerprint density at radius 1 is 1.35 bits per heavy atom. The first-order valence-corrected chi connectivity index (χ1v) is 8.13. The van der Waals surface area contributed by atoms with Crippen LogP contribution in [0.2, 0.25) is 0 Å². The van der Waals surface area contributed by atoms with Crippen molar-refractivity contribution in [3.63, 3.8) is 0 Å². The van der Waals surface area contributed by atoms with Crippen LogP contribution < -0.4 is 4.74 Å². The van der Waals surface area contributed by atoms with Crippen molar-refractivity contribution in [3.8, 4) is 17.6 Å². The van der Waals surface area contributed by atoms with Gasteiger partial charge in [0.05, 0.1) is 13.7 Å². The lowest BCUT2D eigenvalue weighted by molar-refractivity contribution is 0.305. The van der Waals surface area contributed by atoms with Crippen LogP contribution in [0.3, 0.4) is 0 Å². The Balaban J connectivity index is 1.96. The lowest BCUT2D eigenvalue weighted by Gasteiger charge is -2.06. The standard InChI is InChI=1S/C16H16O2S2/c1-18-15-7-2-3-8-16(15)20-12-14-10-13(11-19-14)6-4-5-9-17/h2-3,7-8,10-11,17H,5,9,12H2,1H3. The van der Waals surface area contributed by atoms with E-state index in [1.807, 2.05) is 18.2 Å². The Hall–Kier alpha value is -1.41. The SMILES string of the molecule is COc1ccccc1SCc1cc(C#CCCO)cs1. The summed E-state index contributed by atoms with van der Waals surface area (Å²) in [4.78, 5) is 2.44. The Morgan fingerprint density at radius 3 is 3.00 bits per heavy atom. The van der Waals surface area contributed by atoms with Gasteiger partial charge in [-0.15, -0.1) is 23.1 Å². The van der Waals surface area contributed by atoms with E-state index in [2.05, 4.69) is 29.4 Å². The molecule has 4 heteroatoms. The van der Waals surface area contributed by atoms with E-state index in [1.165, 1.54) is 4.88 Å². The molecule has 1 aromatic heterocycles. The third kappa shape index (κ3) is 4.31. The van der Waals surface area contributed by atoms with E-state index in [4.69, 9.17) is 9.84 Å². The van der Waals surface area contributed by atoms with Crippen LogP contribution in [0.1, 0.15) is 16.9 Å². The van der Waals surface area contributed by atoms with Gasteiger partial charge in [0.25, 0.3) is 0 Å². The van der Waals surface area contributed by atoms with Gasteiger partial charge in [-0.25, -0.2) is 0 Å². The molecule has 1 N–H and O–H groups in total. The smallest absolute Gasteiger partial charge is 0.132 e. The van der Waals surface area contributed by atoms with Gasteiger partial charge < -0.3 is 9.84 Å². The average Bonchev–Trinajstić information content (AvgIpc) is 2.93. The topological polar surface area (TPSA) is 29.5 Å². The fourth-order valence-corrected chi connectivity index (χ4v) is 3.53. The van der Waals surface area contributed by atoms with Gasteiger partial charge >= 0.3 is 0 Å². The monoisotopic (exact) mass is 304 g/mol. The Kier molecular flexibility index (Phi) is 6.00. The normalized spacial score (nSPS) is 9.90. The molecule has 2 aromatic rings. The number of thiophene rings is 1. The molecule has 0 atom stereocenters. The molecule has 0 unspecified atom stereocenters. The highest BCUT2D eigenvalue weighted by molar-refractivity contribution is 7.98. The first-order valence-electron chi connectivity index (χ1n) is 6.26. The number of benzene rings is 1. The van der Waals surface area contributed by atoms with Crippen molar-refractivity contribution in [1.29, 1.82) is 0 Å². The molecule has 0 amide bonds. The minimum atomic E-state index is 0.119. The molecule has 0 fully saturated rings. The first-order chi connectivity index (χ1) is 9.83. The molecule has 0 saturated carbocycles. The molecule has 2 nitrogen and oxygen atoms in total. The maximum Gasteiger partial charge on any atom is 0.132 e. The summed E-state index contributed by atoms with van der Waals surface area (Å²) in [6.45, 7) is 0.119. The molecule has 0 aliphatic rings. The molecule has 0 aliphatic carbocycles. The molecule has 0 radical (unpaired) electrons. The third-order valence-electron chi connectivity index (χ3n) is 2.56. The summed E-state index contributed by atoms with van der Waals surface area (Å²) in [7, 11) is 1.69. The summed E-state index contributed by atoms with van der Waals surface area (Å²) in [5.74, 6) is 7.81. The predicted octanol–water partition coefficient (Wildman–Crippen LogP) is 3.78. The summed E-state index contributed by atoms with van der Waals surface area (Å²) in [5.41, 5.74) is 1.03. The molecule has 1 heterocycles. The van der Waals surface area contributed by atoms with Crippen molar-refractivity contribution in [2.45, 2.75) is 17.1 Å². The van der Waals surface area contributed by atoms with Crippen molar-refractivity contribution < 1.29 is 9.84 Å². The summed E-state index contributed by atoms with van der Waals surface area (Å²) in [6.07, 6.45) is 0.529. The number of rotatable bonds is 5. The molecule has 0 aliphatic heterocycles. The zero-order valence-corrected chi connectivity index (χ0v) is 12.9. The van der Waals surface area contributed by atoms with Crippen LogP contribution in [0.5, 0.6) is 5.75 Å². The maximum absolute atomic E-state index is 8.69. The van der Waals surface area contributed by atoms with E-state index in [9.17, 15) is 0 Å². The van der Waals surface area contributed by atoms with E-state index in [0.29, 0.717) is 6.42 Å². The van der Waals surface area contributed by atoms with Crippen LogP contribution in [0.4, 0.5) is 0 Å². The van der Waals surface area contributed by atoms with Crippen molar-refractivity contribution in [2.75, 3.05) is 13.7 Å². The number of ether oxygens (including phenoxy) is 1. The molecule has 0 spiro atoms. The first kappa shape index (κ1) is 15.0. The quantitative estimate of drug-likeness (QED) is 0.673. The highest BCUT2D eigenvalue weighted by atomic mass is 32.2. The molecule has 2 rings (SSSR count). The zero-order valence-electron chi connectivity index (χ0n) is 11.3. The number of hydrogen-bond donors (Lipinski definition) is 1. The highest BCUT2D eigenvalue weighted by Gasteiger charge is 2.04. The number of aliphatic hydroxyl groups excluding tert-OH is 1. The van der Waals surface area contributed by atoms with Crippen LogP contribution in [0, 0.1) is 11.8 Å². The van der Waals surface area contributed by atoms with Crippen molar-refractivity contribution in [1.82, 2.24) is 0 Å². The Labute approximate surface area is 127 Å². The van der Waals surface area contributed by atoms with Gasteiger partial charge in [0.2, 0.25) is 0 Å². The van der Waals surface area contributed by atoms with Crippen LogP contribution in [-0.2, 0) is 5.75 Å². The van der Waals surface area contributed by atoms with Crippen molar-refractivity contribution in [2.24, 2.45) is 0 Å². The van der Waals surface area contributed by atoms with Gasteiger partial charge in [0.1, 0.15) is 5.75 Å². The van der Waals surface area contributed by atoms with Gasteiger partial charge in [-0.2, -0.15) is 0 Å². The highest BCUT2D eigenvalue weighted by Crippen LogP contribution is 2.32. The summed E-state index contributed by atoms with van der Waals surface area (Å²) >= 11 is 3.48. The lowest BCUT2D eigenvalue weighted by atomic mass is 10.3. The van der Waals surface area contributed by atoms with Crippen LogP contribution in [0.25, 0.3) is 0 Å². The molecule has 104 valence electrons. The summed E-state index contributed by atoms with van der Waals surface area (Å²) < 4.78 is 5.34.